The Bertz CT molecular complexity index is 948. The Labute approximate surface area is 162 Å². The van der Waals surface area contributed by atoms with E-state index in [0.717, 1.165) is 22.9 Å². The van der Waals surface area contributed by atoms with Gasteiger partial charge in [0.1, 0.15) is 5.75 Å². The van der Waals surface area contributed by atoms with Gasteiger partial charge in [0.05, 0.1) is 18.6 Å². The van der Waals surface area contributed by atoms with Gasteiger partial charge in [-0.15, -0.1) is 10.2 Å². The van der Waals surface area contributed by atoms with Gasteiger partial charge in [-0.2, -0.15) is 0 Å². The van der Waals surface area contributed by atoms with Crippen molar-refractivity contribution in [1.29, 1.82) is 0 Å². The van der Waals surface area contributed by atoms with Crippen molar-refractivity contribution in [1.82, 2.24) is 19.5 Å². The molecule has 8 heteroatoms. The SMILES string of the molecule is COc1ccc(CC(=O)N2CCN(c3nnc4ccc(Cl)cn34)CC2)cc1. The van der Waals surface area contributed by atoms with Crippen molar-refractivity contribution < 1.29 is 9.53 Å². The van der Waals surface area contributed by atoms with Crippen LogP contribution < -0.4 is 9.64 Å². The third-order valence-electron chi connectivity index (χ3n) is 4.78. The number of piperazine rings is 1. The number of hydrogen-bond acceptors (Lipinski definition) is 5. The lowest BCUT2D eigenvalue weighted by atomic mass is 10.1. The van der Waals surface area contributed by atoms with Crippen molar-refractivity contribution in [3.63, 3.8) is 0 Å². The fourth-order valence-corrected chi connectivity index (χ4v) is 3.41. The van der Waals surface area contributed by atoms with E-state index in [9.17, 15) is 4.79 Å². The van der Waals surface area contributed by atoms with Crippen LogP contribution in [0.15, 0.2) is 42.6 Å². The minimum atomic E-state index is 0.133. The molecule has 0 spiro atoms. The van der Waals surface area contributed by atoms with Crippen LogP contribution in [0.5, 0.6) is 5.75 Å². The summed E-state index contributed by atoms with van der Waals surface area (Å²) in [6, 6.07) is 11.3. The number of benzene rings is 1. The maximum atomic E-state index is 12.6. The summed E-state index contributed by atoms with van der Waals surface area (Å²) in [5.74, 6) is 1.68. The van der Waals surface area contributed by atoms with E-state index in [-0.39, 0.29) is 5.91 Å². The molecule has 2 aromatic heterocycles. The summed E-state index contributed by atoms with van der Waals surface area (Å²) in [4.78, 5) is 16.6. The standard InChI is InChI=1S/C19H20ClN5O2/c1-27-16-5-2-14(3-6-16)12-18(26)23-8-10-24(11-9-23)19-22-21-17-7-4-15(20)13-25(17)19/h2-7,13H,8-12H2,1H3. The van der Waals surface area contributed by atoms with Crippen LogP contribution in [0.25, 0.3) is 5.65 Å². The van der Waals surface area contributed by atoms with Gasteiger partial charge in [0.15, 0.2) is 5.65 Å². The second-order valence-electron chi connectivity index (χ2n) is 6.47. The molecular weight excluding hydrogens is 366 g/mol. The van der Waals surface area contributed by atoms with Crippen LogP contribution in [-0.2, 0) is 11.2 Å². The zero-order valence-electron chi connectivity index (χ0n) is 15.0. The number of methoxy groups -OCH3 is 1. The van der Waals surface area contributed by atoms with Crippen LogP contribution in [-0.4, -0.2) is 58.7 Å². The van der Waals surface area contributed by atoms with E-state index in [0.29, 0.717) is 37.6 Å². The highest BCUT2D eigenvalue weighted by Crippen LogP contribution is 2.19. The summed E-state index contributed by atoms with van der Waals surface area (Å²) in [6.45, 7) is 2.73. The molecule has 0 radical (unpaired) electrons. The number of amides is 1. The molecule has 1 amide bonds. The normalized spacial score (nSPS) is 14.6. The number of carbonyl (C=O) groups is 1. The number of halogens is 1. The smallest absolute Gasteiger partial charge is 0.231 e. The van der Waals surface area contributed by atoms with Crippen LogP contribution in [0.3, 0.4) is 0 Å². The number of pyridine rings is 1. The molecule has 27 heavy (non-hydrogen) atoms. The molecule has 1 aliphatic rings. The zero-order valence-corrected chi connectivity index (χ0v) is 15.8. The van der Waals surface area contributed by atoms with E-state index in [1.165, 1.54) is 0 Å². The van der Waals surface area contributed by atoms with Gasteiger partial charge >= 0.3 is 0 Å². The van der Waals surface area contributed by atoms with Crippen molar-refractivity contribution in [2.75, 3.05) is 38.2 Å². The Morgan fingerprint density at radius 2 is 1.81 bits per heavy atom. The minimum Gasteiger partial charge on any atom is -0.497 e. The average Bonchev–Trinajstić information content (AvgIpc) is 3.11. The lowest BCUT2D eigenvalue weighted by Crippen LogP contribution is -2.49. The van der Waals surface area contributed by atoms with Gasteiger partial charge in [-0.3, -0.25) is 9.20 Å². The second kappa shape index (κ2) is 7.44. The van der Waals surface area contributed by atoms with Gasteiger partial charge in [-0.05, 0) is 29.8 Å². The molecule has 3 aromatic rings. The predicted molar refractivity (Wildman–Crippen MR) is 103 cm³/mol. The van der Waals surface area contributed by atoms with Crippen LogP contribution in [0.1, 0.15) is 5.56 Å². The maximum absolute atomic E-state index is 12.6. The topological polar surface area (TPSA) is 63.0 Å². The molecule has 3 heterocycles. The van der Waals surface area contributed by atoms with E-state index in [1.54, 1.807) is 13.2 Å². The Balaban J connectivity index is 1.39. The average molecular weight is 386 g/mol. The minimum absolute atomic E-state index is 0.133. The summed E-state index contributed by atoms with van der Waals surface area (Å²) in [5, 5.41) is 9.10. The van der Waals surface area contributed by atoms with Gasteiger partial charge in [-0.25, -0.2) is 0 Å². The number of hydrogen-bond donors (Lipinski definition) is 0. The fraction of sp³-hybridized carbons (Fsp3) is 0.316. The number of nitrogens with zero attached hydrogens (tertiary/aromatic N) is 5. The largest absolute Gasteiger partial charge is 0.497 e. The summed E-state index contributed by atoms with van der Waals surface area (Å²) < 4.78 is 7.04. The molecule has 0 aliphatic carbocycles. The Kier molecular flexibility index (Phi) is 4.85. The van der Waals surface area contributed by atoms with Crippen molar-refractivity contribution >= 4 is 29.1 Å². The molecule has 0 bridgehead atoms. The first-order valence-electron chi connectivity index (χ1n) is 8.80. The summed E-state index contributed by atoms with van der Waals surface area (Å²) >= 11 is 6.09. The molecule has 140 valence electrons. The molecule has 1 fully saturated rings. The highest BCUT2D eigenvalue weighted by molar-refractivity contribution is 6.30. The van der Waals surface area contributed by atoms with E-state index in [4.69, 9.17) is 16.3 Å². The first-order valence-corrected chi connectivity index (χ1v) is 9.18. The second-order valence-corrected chi connectivity index (χ2v) is 6.90. The van der Waals surface area contributed by atoms with Crippen molar-refractivity contribution in [2.24, 2.45) is 0 Å². The van der Waals surface area contributed by atoms with Gasteiger partial charge in [0.25, 0.3) is 0 Å². The van der Waals surface area contributed by atoms with E-state index in [2.05, 4.69) is 15.1 Å². The van der Waals surface area contributed by atoms with Crippen molar-refractivity contribution in [3.05, 3.63) is 53.2 Å². The Morgan fingerprint density at radius 1 is 1.07 bits per heavy atom. The van der Waals surface area contributed by atoms with Crippen molar-refractivity contribution in [2.45, 2.75) is 6.42 Å². The highest BCUT2D eigenvalue weighted by Gasteiger charge is 2.24. The third-order valence-corrected chi connectivity index (χ3v) is 5.00. The molecule has 0 saturated carbocycles. The quantitative estimate of drug-likeness (QED) is 0.689. The molecule has 4 rings (SSSR count). The molecule has 0 atom stereocenters. The number of fused-ring (bicyclic) bond motifs is 1. The van der Waals surface area contributed by atoms with Gasteiger partial charge in [0, 0.05) is 32.4 Å². The number of anilines is 1. The summed E-state index contributed by atoms with van der Waals surface area (Å²) in [5.41, 5.74) is 1.74. The van der Waals surface area contributed by atoms with Crippen LogP contribution in [0.2, 0.25) is 5.02 Å². The monoisotopic (exact) mass is 385 g/mol. The molecule has 1 aliphatic heterocycles. The van der Waals surface area contributed by atoms with Gasteiger partial charge in [-0.1, -0.05) is 23.7 Å². The van der Waals surface area contributed by atoms with E-state index < -0.39 is 0 Å². The number of aromatic nitrogens is 3. The van der Waals surface area contributed by atoms with E-state index in [1.807, 2.05) is 45.8 Å². The lowest BCUT2D eigenvalue weighted by molar-refractivity contribution is -0.130. The first kappa shape index (κ1) is 17.6. The molecule has 0 N–H and O–H groups in total. The first-order chi connectivity index (χ1) is 13.1. The molecule has 1 saturated heterocycles. The molecular formula is C19H20ClN5O2. The molecule has 1 aromatic carbocycles. The lowest BCUT2D eigenvalue weighted by Gasteiger charge is -2.34. The number of ether oxygens (including phenoxy) is 1. The Hall–Kier alpha value is -2.80. The van der Waals surface area contributed by atoms with Crippen LogP contribution in [0.4, 0.5) is 5.95 Å². The van der Waals surface area contributed by atoms with Crippen molar-refractivity contribution in [3.8, 4) is 5.75 Å². The zero-order chi connectivity index (χ0) is 18.8. The third kappa shape index (κ3) is 3.68. The van der Waals surface area contributed by atoms with Gasteiger partial charge in [0.2, 0.25) is 11.9 Å². The predicted octanol–water partition coefficient (Wildman–Crippen LogP) is 2.28. The summed E-state index contributed by atoms with van der Waals surface area (Å²) in [6.07, 6.45) is 2.21. The van der Waals surface area contributed by atoms with E-state index >= 15 is 0 Å². The Morgan fingerprint density at radius 3 is 2.52 bits per heavy atom. The molecule has 7 nitrogen and oxygen atoms in total. The highest BCUT2D eigenvalue weighted by atomic mass is 35.5. The number of rotatable bonds is 4. The summed E-state index contributed by atoms with van der Waals surface area (Å²) in [7, 11) is 1.63. The number of carbonyl (C=O) groups excluding carboxylic acids is 1. The fourth-order valence-electron chi connectivity index (χ4n) is 3.25. The van der Waals surface area contributed by atoms with Crippen LogP contribution >= 0.6 is 11.6 Å². The van der Waals surface area contributed by atoms with Gasteiger partial charge < -0.3 is 14.5 Å². The maximum Gasteiger partial charge on any atom is 0.231 e. The molecule has 0 unspecified atom stereocenters. The van der Waals surface area contributed by atoms with Crippen LogP contribution in [0, 0.1) is 0 Å².